The number of aliphatic hydroxyl groups excluding tert-OH is 6. The Labute approximate surface area is 404 Å². The van der Waals surface area contributed by atoms with E-state index >= 15 is 0 Å². The molecule has 392 valence electrons. The molecule has 0 aromatic rings. The van der Waals surface area contributed by atoms with Gasteiger partial charge in [-0.1, -0.05) is 194 Å². The van der Waals surface area contributed by atoms with Crippen LogP contribution in [-0.2, 0) is 0 Å². The van der Waals surface area contributed by atoms with Crippen LogP contribution < -0.4 is 0 Å². The molecule has 0 aromatic heterocycles. The van der Waals surface area contributed by atoms with Gasteiger partial charge in [0.25, 0.3) is 0 Å². The smallest absolute Gasteiger partial charge is 0.324 e. The molecule has 4 unspecified atom stereocenters. The second-order valence-corrected chi connectivity index (χ2v) is 18.0. The van der Waals surface area contributed by atoms with E-state index in [4.69, 9.17) is 74.7 Å². The molecule has 0 saturated carbocycles. The van der Waals surface area contributed by atoms with Gasteiger partial charge in [0.1, 0.15) is 24.4 Å². The van der Waals surface area contributed by atoms with E-state index in [9.17, 15) is 0 Å². The Hall–Kier alpha value is 1.74. The van der Waals surface area contributed by atoms with E-state index < -0.39 is 63.4 Å². The minimum atomic E-state index is -2.62. The molecule has 21 heteroatoms. The van der Waals surface area contributed by atoms with Gasteiger partial charge in [-0.15, -0.1) is 0 Å². The maximum atomic E-state index is 8.96. The molecule has 0 aromatic carbocycles. The summed E-state index contributed by atoms with van der Waals surface area (Å²) < 4.78 is 0. The topological polar surface area (TPSA) is 303 Å². The van der Waals surface area contributed by atoms with Crippen LogP contribution in [0.2, 0.25) is 0 Å². The molecule has 4 atom stereocenters. The molecule has 15 nitrogen and oxygen atoms in total. The number of rotatable bonds is 35. The van der Waals surface area contributed by atoms with Gasteiger partial charge in [-0.25, -0.2) is 0 Å². The van der Waals surface area contributed by atoms with Crippen molar-refractivity contribution < 1.29 is 74.7 Å². The standard InChI is InChI=1S/3C12H26S.C6H14O6.3H3O3P/c3*1-2-3-4-5-6-7-8-9-10-11-12-13;7-1-3(9)5(11)6(12)4(10)2-8;3*1-4(2)3/h3*13H,2-12H2,1H3;3-12H,1-2H2;3*1-3H. The summed E-state index contributed by atoms with van der Waals surface area (Å²) in [7, 11) is -7.86. The molecule has 0 saturated heterocycles. The van der Waals surface area contributed by atoms with Crippen molar-refractivity contribution in [3.05, 3.63) is 0 Å². The molecule has 0 spiro atoms. The van der Waals surface area contributed by atoms with E-state index in [0.29, 0.717) is 0 Å². The van der Waals surface area contributed by atoms with Gasteiger partial charge in [-0.2, -0.15) is 37.9 Å². The zero-order valence-corrected chi connectivity index (χ0v) is 44.8. The van der Waals surface area contributed by atoms with E-state index in [1.165, 1.54) is 193 Å². The Balaban J connectivity index is -0.000000122. The van der Waals surface area contributed by atoms with Crippen LogP contribution in [0.5, 0.6) is 0 Å². The second kappa shape index (κ2) is 75.3. The van der Waals surface area contributed by atoms with Crippen LogP contribution >= 0.6 is 63.7 Å². The van der Waals surface area contributed by atoms with Gasteiger partial charge in [0.05, 0.1) is 13.2 Å². The van der Waals surface area contributed by atoms with Crippen molar-refractivity contribution in [3.63, 3.8) is 0 Å². The summed E-state index contributed by atoms with van der Waals surface area (Å²) in [5, 5.41) is 52.2. The number of unbranched alkanes of at least 4 members (excludes halogenated alkanes) is 27. The van der Waals surface area contributed by atoms with Crippen LogP contribution in [0.15, 0.2) is 0 Å². The molecule has 0 amide bonds. The molecule has 0 aliphatic carbocycles. The summed E-state index contributed by atoms with van der Waals surface area (Å²) >= 11 is 12.6. The van der Waals surface area contributed by atoms with Gasteiger partial charge in [0.15, 0.2) is 0 Å². The molecule has 63 heavy (non-hydrogen) atoms. The fourth-order valence-electron chi connectivity index (χ4n) is 5.47. The van der Waals surface area contributed by atoms with E-state index in [1.807, 2.05) is 0 Å². The maximum absolute atomic E-state index is 8.96. The van der Waals surface area contributed by atoms with Crippen LogP contribution in [0.1, 0.15) is 213 Å². The average molecular weight is 1040 g/mol. The van der Waals surface area contributed by atoms with Gasteiger partial charge in [0, 0.05) is 0 Å². The van der Waals surface area contributed by atoms with Crippen molar-refractivity contribution in [2.24, 2.45) is 0 Å². The van der Waals surface area contributed by atoms with Crippen LogP contribution in [0.4, 0.5) is 0 Å². The summed E-state index contributed by atoms with van der Waals surface area (Å²) in [6, 6.07) is 0. The third-order valence-corrected chi connectivity index (χ3v) is 10.00. The molecule has 0 bridgehead atoms. The summed E-state index contributed by atoms with van der Waals surface area (Å²) in [4.78, 5) is 65.1. The molecule has 0 radical (unpaired) electrons. The lowest BCUT2D eigenvalue weighted by molar-refractivity contribution is -0.123. The van der Waals surface area contributed by atoms with Gasteiger partial charge in [-0.3, -0.25) is 0 Å². The fraction of sp³-hybridized carbons (Fsp3) is 1.00. The molecule has 0 aliphatic heterocycles. The Morgan fingerprint density at radius 2 is 0.413 bits per heavy atom. The first-order valence-electron chi connectivity index (χ1n) is 23.4. The maximum Gasteiger partial charge on any atom is 0.324 e. The quantitative estimate of drug-likeness (QED) is 0.0161. The lowest BCUT2D eigenvalue weighted by Gasteiger charge is -2.24. The number of hydrogen-bond acceptors (Lipinski definition) is 18. The largest absolute Gasteiger partial charge is 0.394 e. The van der Waals surface area contributed by atoms with Crippen LogP contribution in [0.25, 0.3) is 0 Å². The highest BCUT2D eigenvalue weighted by molar-refractivity contribution is 7.80. The fourth-order valence-corrected chi connectivity index (χ4v) is 6.14. The first-order chi connectivity index (χ1) is 30.0. The number of thiol groups is 3. The molecule has 15 N–H and O–H groups in total. The first kappa shape index (κ1) is 78.9. The van der Waals surface area contributed by atoms with Gasteiger partial charge >= 0.3 is 25.8 Å². The molecular weight excluding hydrogens is 934 g/mol. The molecule has 0 rings (SSSR count). The minimum Gasteiger partial charge on any atom is -0.394 e. The second-order valence-electron chi connectivity index (χ2n) is 15.0. The first-order valence-corrected chi connectivity index (χ1v) is 28.8. The van der Waals surface area contributed by atoms with Gasteiger partial charge < -0.3 is 74.7 Å². The summed E-state index contributed by atoms with van der Waals surface area (Å²) in [6.07, 6.45) is 36.1. The van der Waals surface area contributed by atoms with Crippen molar-refractivity contribution in [2.45, 2.75) is 238 Å². The van der Waals surface area contributed by atoms with Crippen LogP contribution in [0.3, 0.4) is 0 Å². The normalized spacial score (nSPS) is 12.4. The predicted octanol–water partition coefficient (Wildman–Crippen LogP) is 8.50. The Bertz CT molecular complexity index is 608. The highest BCUT2D eigenvalue weighted by atomic mass is 32.1. The highest BCUT2D eigenvalue weighted by Gasteiger charge is 2.29. The minimum absolute atomic E-state index is 0.726. The van der Waals surface area contributed by atoms with E-state index in [1.54, 1.807) is 0 Å². The molecule has 0 aliphatic rings. The molecular formula is C42H101O15P3S3. The third kappa shape index (κ3) is 107. The predicted molar refractivity (Wildman–Crippen MR) is 276 cm³/mol. The number of aliphatic hydroxyl groups is 6. The zero-order valence-electron chi connectivity index (χ0n) is 39.4. The Kier molecular flexibility index (Phi) is 94.2. The molecule has 0 heterocycles. The van der Waals surface area contributed by atoms with Crippen LogP contribution in [-0.4, -0.2) is 130 Å². The highest BCUT2D eigenvalue weighted by Crippen LogP contribution is 2.14. The van der Waals surface area contributed by atoms with E-state index in [2.05, 4.69) is 58.7 Å². The van der Waals surface area contributed by atoms with Crippen molar-refractivity contribution in [1.29, 1.82) is 0 Å². The van der Waals surface area contributed by atoms with Gasteiger partial charge in [-0.05, 0) is 36.5 Å². The number of hydrogen-bond donors (Lipinski definition) is 18. The van der Waals surface area contributed by atoms with Crippen molar-refractivity contribution in [1.82, 2.24) is 0 Å². The third-order valence-electron chi connectivity index (χ3n) is 9.05. The van der Waals surface area contributed by atoms with Crippen LogP contribution in [0, 0.1) is 0 Å². The van der Waals surface area contributed by atoms with Crippen molar-refractivity contribution in [3.8, 4) is 0 Å². The Morgan fingerprint density at radius 3 is 0.524 bits per heavy atom. The average Bonchev–Trinajstić information content (AvgIpc) is 3.23. The summed E-state index contributed by atoms with van der Waals surface area (Å²) in [5.41, 5.74) is 0. The SMILES string of the molecule is CCCCCCCCCCCCS.CCCCCCCCCCCCS.CCCCCCCCCCCCS.OCC(O)C(O)C(O)C(O)CO.OP(O)O.OP(O)O.OP(O)O. The summed E-state index contributed by atoms with van der Waals surface area (Å²) in [5.74, 6) is 3.20. The Morgan fingerprint density at radius 1 is 0.286 bits per heavy atom. The summed E-state index contributed by atoms with van der Waals surface area (Å²) in [6.45, 7) is 5.37. The van der Waals surface area contributed by atoms with Crippen molar-refractivity contribution >= 4 is 63.7 Å². The van der Waals surface area contributed by atoms with E-state index in [0.717, 1.165) is 17.3 Å². The zero-order chi connectivity index (χ0) is 49.8. The van der Waals surface area contributed by atoms with Gasteiger partial charge in [0.2, 0.25) is 0 Å². The monoisotopic (exact) mass is 1030 g/mol. The van der Waals surface area contributed by atoms with Crippen molar-refractivity contribution in [2.75, 3.05) is 30.5 Å². The lowest BCUT2D eigenvalue weighted by atomic mass is 10.0. The van der Waals surface area contributed by atoms with E-state index in [-0.39, 0.29) is 0 Å². The molecule has 0 fully saturated rings. The lowest BCUT2D eigenvalue weighted by Crippen LogP contribution is -2.46.